The van der Waals surface area contributed by atoms with Gasteiger partial charge in [0.15, 0.2) is 0 Å². The van der Waals surface area contributed by atoms with Crippen LogP contribution in [0, 0.1) is 17.8 Å². The summed E-state index contributed by atoms with van der Waals surface area (Å²) in [6.07, 6.45) is 8.18. The van der Waals surface area contributed by atoms with E-state index in [9.17, 15) is 9.90 Å². The molecule has 158 valence electrons. The Morgan fingerprint density at radius 2 is 2.03 bits per heavy atom. The zero-order valence-corrected chi connectivity index (χ0v) is 17.4. The lowest BCUT2D eigenvalue weighted by Crippen LogP contribution is -2.61. The Hall–Kier alpha value is -1.73. The average molecular weight is 401 g/mol. The number of aliphatic hydroxyl groups is 1. The van der Waals surface area contributed by atoms with Crippen molar-refractivity contribution in [2.75, 3.05) is 11.9 Å². The van der Waals surface area contributed by atoms with Crippen molar-refractivity contribution in [1.82, 2.24) is 15.3 Å². The molecule has 7 heteroatoms. The molecule has 3 unspecified atom stereocenters. The van der Waals surface area contributed by atoms with Crippen LogP contribution in [0.15, 0.2) is 6.20 Å². The Morgan fingerprint density at radius 3 is 2.66 bits per heavy atom. The maximum absolute atomic E-state index is 13.3. The number of hydrogen-bond acceptors (Lipinski definition) is 6. The number of carbonyl (C=O) groups is 1. The summed E-state index contributed by atoms with van der Waals surface area (Å²) < 4.78 is 5.86. The highest BCUT2D eigenvalue weighted by Gasteiger charge is 2.55. The van der Waals surface area contributed by atoms with Crippen molar-refractivity contribution in [3.05, 3.63) is 17.5 Å². The number of amides is 1. The summed E-state index contributed by atoms with van der Waals surface area (Å²) in [6.45, 7) is 4.78. The van der Waals surface area contributed by atoms with Gasteiger partial charge in [-0.3, -0.25) is 4.79 Å². The molecule has 4 bridgehead atoms. The van der Waals surface area contributed by atoms with Crippen LogP contribution in [0.5, 0.6) is 0 Å². The van der Waals surface area contributed by atoms with Crippen LogP contribution < -0.4 is 10.6 Å². The van der Waals surface area contributed by atoms with Gasteiger partial charge in [-0.05, 0) is 76.5 Å². The Bertz CT molecular complexity index is 776. The molecule has 0 spiro atoms. The van der Waals surface area contributed by atoms with Crippen LogP contribution in [-0.2, 0) is 4.74 Å². The minimum Gasteiger partial charge on any atom is -0.390 e. The summed E-state index contributed by atoms with van der Waals surface area (Å²) in [5, 5.41) is 17.3. The first-order chi connectivity index (χ1) is 13.9. The Labute approximate surface area is 172 Å². The van der Waals surface area contributed by atoms with E-state index < -0.39 is 5.60 Å². The summed E-state index contributed by atoms with van der Waals surface area (Å²) >= 11 is 0. The molecule has 1 saturated heterocycles. The van der Waals surface area contributed by atoms with Gasteiger partial charge in [-0.2, -0.15) is 0 Å². The van der Waals surface area contributed by atoms with Gasteiger partial charge in [0.05, 0.1) is 16.9 Å². The van der Waals surface area contributed by atoms with Crippen LogP contribution in [0.4, 0.5) is 5.95 Å². The highest BCUT2D eigenvalue weighted by Crippen LogP contribution is 2.55. The molecule has 3 N–H and O–H groups in total. The second-order valence-corrected chi connectivity index (χ2v) is 9.99. The van der Waals surface area contributed by atoms with Gasteiger partial charge in [-0.15, -0.1) is 0 Å². The standard InChI is InChI=1S/C22H32N4O3/c1-12(2)24-21-23-11-16(19(26-21)17-4-3-5-29-17)20(27)25-18-14-6-13-7-15(18)10-22(28,8-13)9-14/h11-15,17-18,28H,3-10H2,1-2H3,(H,25,27)(H,23,24,26)/t13?,14?,15?,17?,18-,22+. The van der Waals surface area contributed by atoms with E-state index in [2.05, 4.69) is 20.6 Å². The number of anilines is 1. The van der Waals surface area contributed by atoms with Crippen molar-refractivity contribution in [3.63, 3.8) is 0 Å². The zero-order chi connectivity index (χ0) is 20.2. The second kappa shape index (κ2) is 7.20. The first-order valence-corrected chi connectivity index (χ1v) is 11.2. The SMILES string of the molecule is CC(C)Nc1ncc(C(=O)N[C@H]2C3CC4CC2C[C@@](O)(C4)C3)c(C2CCCO2)n1. The summed E-state index contributed by atoms with van der Waals surface area (Å²) in [4.78, 5) is 22.4. The van der Waals surface area contributed by atoms with Crippen LogP contribution in [0.25, 0.3) is 0 Å². The first-order valence-electron chi connectivity index (χ1n) is 11.2. The molecule has 4 saturated carbocycles. The highest BCUT2D eigenvalue weighted by atomic mass is 16.5. The minimum atomic E-state index is -0.492. The van der Waals surface area contributed by atoms with Crippen molar-refractivity contribution in [2.45, 2.75) is 82.6 Å². The summed E-state index contributed by atoms with van der Waals surface area (Å²) in [5.74, 6) is 1.82. The molecule has 2 heterocycles. The molecule has 1 aliphatic heterocycles. The van der Waals surface area contributed by atoms with Crippen molar-refractivity contribution in [3.8, 4) is 0 Å². The van der Waals surface area contributed by atoms with Crippen molar-refractivity contribution in [1.29, 1.82) is 0 Å². The average Bonchev–Trinajstić information content (AvgIpc) is 3.17. The van der Waals surface area contributed by atoms with Gasteiger partial charge in [0.1, 0.15) is 6.10 Å². The third kappa shape index (κ3) is 3.63. The zero-order valence-electron chi connectivity index (χ0n) is 17.4. The number of nitrogens with zero attached hydrogens (tertiary/aromatic N) is 2. The van der Waals surface area contributed by atoms with Crippen molar-refractivity contribution >= 4 is 11.9 Å². The van der Waals surface area contributed by atoms with E-state index >= 15 is 0 Å². The van der Waals surface area contributed by atoms with Crippen LogP contribution in [0.1, 0.15) is 80.9 Å². The number of nitrogens with one attached hydrogen (secondary N) is 2. The third-order valence-corrected chi connectivity index (χ3v) is 7.25. The number of ether oxygens (including phenoxy) is 1. The van der Waals surface area contributed by atoms with Crippen LogP contribution >= 0.6 is 0 Å². The molecule has 0 aromatic carbocycles. The van der Waals surface area contributed by atoms with Gasteiger partial charge < -0.3 is 20.5 Å². The fourth-order valence-corrected chi connectivity index (χ4v) is 6.38. The fraction of sp³-hybridized carbons (Fsp3) is 0.773. The summed E-state index contributed by atoms with van der Waals surface area (Å²) in [7, 11) is 0. The number of rotatable bonds is 5. The lowest BCUT2D eigenvalue weighted by atomic mass is 9.52. The monoisotopic (exact) mass is 400 g/mol. The molecule has 1 amide bonds. The lowest BCUT2D eigenvalue weighted by Gasteiger charge is -2.58. The highest BCUT2D eigenvalue weighted by molar-refractivity contribution is 5.95. The molecule has 29 heavy (non-hydrogen) atoms. The van der Waals surface area contributed by atoms with Gasteiger partial charge >= 0.3 is 0 Å². The molecule has 5 aliphatic rings. The van der Waals surface area contributed by atoms with E-state index in [1.54, 1.807) is 6.20 Å². The Balaban J connectivity index is 1.38. The molecule has 7 nitrogen and oxygen atoms in total. The van der Waals surface area contributed by atoms with E-state index in [0.29, 0.717) is 41.6 Å². The molecular formula is C22H32N4O3. The van der Waals surface area contributed by atoms with Crippen LogP contribution in [0.2, 0.25) is 0 Å². The maximum atomic E-state index is 13.3. The predicted molar refractivity (Wildman–Crippen MR) is 108 cm³/mol. The summed E-state index contributed by atoms with van der Waals surface area (Å²) in [6, 6.07) is 0.357. The molecule has 6 rings (SSSR count). The molecule has 0 radical (unpaired) electrons. The van der Waals surface area contributed by atoms with E-state index in [1.807, 2.05) is 13.8 Å². The molecule has 1 aromatic rings. The van der Waals surface area contributed by atoms with Gasteiger partial charge in [-0.25, -0.2) is 9.97 Å². The molecular weight excluding hydrogens is 368 g/mol. The summed E-state index contributed by atoms with van der Waals surface area (Å²) in [5.41, 5.74) is 0.729. The van der Waals surface area contributed by atoms with Gasteiger partial charge in [0, 0.05) is 24.9 Å². The first kappa shape index (κ1) is 19.2. The maximum Gasteiger partial charge on any atom is 0.255 e. The lowest BCUT2D eigenvalue weighted by molar-refractivity contribution is -0.136. The molecule has 1 aromatic heterocycles. The van der Waals surface area contributed by atoms with Crippen molar-refractivity contribution < 1.29 is 14.6 Å². The molecule has 5 fully saturated rings. The largest absolute Gasteiger partial charge is 0.390 e. The van der Waals surface area contributed by atoms with Crippen molar-refractivity contribution in [2.24, 2.45) is 17.8 Å². The second-order valence-electron chi connectivity index (χ2n) is 9.99. The third-order valence-electron chi connectivity index (χ3n) is 7.25. The van der Waals surface area contributed by atoms with E-state index in [4.69, 9.17) is 4.74 Å². The van der Waals surface area contributed by atoms with E-state index in [1.165, 1.54) is 0 Å². The number of aromatic nitrogens is 2. The van der Waals surface area contributed by atoms with Gasteiger partial charge in [0.25, 0.3) is 5.91 Å². The van der Waals surface area contributed by atoms with E-state index in [0.717, 1.165) is 44.9 Å². The minimum absolute atomic E-state index is 0.101. The van der Waals surface area contributed by atoms with E-state index in [-0.39, 0.29) is 24.1 Å². The number of carbonyl (C=O) groups excluding carboxylic acids is 1. The number of hydrogen-bond donors (Lipinski definition) is 3. The molecule has 4 aliphatic carbocycles. The van der Waals surface area contributed by atoms with Gasteiger partial charge in [-0.1, -0.05) is 0 Å². The normalized spacial score (nSPS) is 37.9. The molecule has 3 atom stereocenters. The Kier molecular flexibility index (Phi) is 4.78. The predicted octanol–water partition coefficient (Wildman–Crippen LogP) is 2.82. The quantitative estimate of drug-likeness (QED) is 0.703. The fourth-order valence-electron chi connectivity index (χ4n) is 6.38. The smallest absolute Gasteiger partial charge is 0.255 e. The Morgan fingerprint density at radius 1 is 1.28 bits per heavy atom. The topological polar surface area (TPSA) is 96.4 Å². The van der Waals surface area contributed by atoms with Gasteiger partial charge in [0.2, 0.25) is 5.95 Å². The van der Waals surface area contributed by atoms with Crippen LogP contribution in [0.3, 0.4) is 0 Å². The van der Waals surface area contributed by atoms with Crippen LogP contribution in [-0.4, -0.2) is 45.3 Å².